The molecule has 0 bridgehead atoms. The first-order valence-electron chi connectivity index (χ1n) is 3.96. The molecular formula is C11H11Ti. The van der Waals surface area contributed by atoms with Crippen LogP contribution in [-0.4, -0.2) is 0 Å². The Morgan fingerprint density at radius 2 is 1.00 bits per heavy atom. The van der Waals surface area contributed by atoms with Gasteiger partial charge < -0.3 is 0 Å². The minimum Gasteiger partial charge on any atom is -0.0623 e. The fraction of sp³-hybridized carbons (Fsp3) is 0.0909. The second-order valence-electron chi connectivity index (χ2n) is 2.45. The molecule has 0 heterocycles. The van der Waals surface area contributed by atoms with E-state index in [1.54, 1.807) is 0 Å². The summed E-state index contributed by atoms with van der Waals surface area (Å²) in [5.74, 6) is 0. The molecule has 0 spiro atoms. The number of rotatable bonds is 0. The smallest absolute Gasteiger partial charge is 0.0623 e. The minimum atomic E-state index is 0.685. The summed E-state index contributed by atoms with van der Waals surface area (Å²) in [5, 5.41) is 0. The van der Waals surface area contributed by atoms with E-state index in [4.69, 9.17) is 0 Å². The molecule has 0 aromatic heterocycles. The summed E-state index contributed by atoms with van der Waals surface area (Å²) in [5.41, 5.74) is 0. The largest absolute Gasteiger partial charge is 0.0623 e. The maximum Gasteiger partial charge on any atom is -0.0623 e. The molecule has 1 aliphatic carbocycles. The van der Waals surface area contributed by atoms with Crippen LogP contribution in [0.15, 0.2) is 60.7 Å². The first-order chi connectivity index (χ1) is 5.89. The molecule has 1 aromatic rings. The predicted octanol–water partition coefficient (Wildman–Crippen LogP) is 3.13. The molecule has 2 rings (SSSR count). The molecular weight excluding hydrogens is 180 g/mol. The van der Waals surface area contributed by atoms with Gasteiger partial charge in [0.25, 0.3) is 0 Å². The van der Waals surface area contributed by atoms with E-state index in [0.29, 0.717) is 4.22 Å². The summed E-state index contributed by atoms with van der Waals surface area (Å²) in [7, 11) is 0. The SMILES string of the molecule is [Ti][CH]1C=CC=C1.c1ccccc1. The third-order valence-corrected chi connectivity index (χ3v) is 2.02. The fourth-order valence-corrected chi connectivity index (χ4v) is 1.16. The molecule has 0 nitrogen and oxygen atoms in total. The number of allylic oxidation sites excluding steroid dienone is 4. The van der Waals surface area contributed by atoms with Gasteiger partial charge in [0.2, 0.25) is 0 Å². The Morgan fingerprint density at radius 1 is 0.667 bits per heavy atom. The van der Waals surface area contributed by atoms with Crippen LogP contribution in [0.1, 0.15) is 0 Å². The van der Waals surface area contributed by atoms with Crippen LogP contribution in [0.5, 0.6) is 0 Å². The van der Waals surface area contributed by atoms with Crippen LogP contribution in [0, 0.1) is 0 Å². The van der Waals surface area contributed by atoms with Gasteiger partial charge >= 0.3 is 49.0 Å². The van der Waals surface area contributed by atoms with E-state index in [0.717, 1.165) is 0 Å². The molecule has 12 heavy (non-hydrogen) atoms. The second-order valence-corrected chi connectivity index (χ2v) is 3.49. The Labute approximate surface area is 85.4 Å². The first kappa shape index (κ1) is 9.50. The van der Waals surface area contributed by atoms with E-state index >= 15 is 0 Å². The molecule has 0 unspecified atom stereocenters. The maximum absolute atomic E-state index is 2.17. The Bertz CT molecular complexity index is 210. The summed E-state index contributed by atoms with van der Waals surface area (Å²) in [6.07, 6.45) is 8.48. The van der Waals surface area contributed by atoms with Crippen LogP contribution < -0.4 is 0 Å². The van der Waals surface area contributed by atoms with E-state index in [2.05, 4.69) is 44.7 Å². The van der Waals surface area contributed by atoms with Gasteiger partial charge in [-0.3, -0.25) is 0 Å². The molecule has 1 aromatic carbocycles. The maximum atomic E-state index is 2.17. The monoisotopic (exact) mass is 191 g/mol. The average Bonchev–Trinajstić information content (AvgIpc) is 2.60. The van der Waals surface area contributed by atoms with Gasteiger partial charge in [-0.2, -0.15) is 0 Å². The van der Waals surface area contributed by atoms with Gasteiger partial charge in [-0.05, 0) is 0 Å². The third-order valence-electron chi connectivity index (χ3n) is 1.41. The molecule has 59 valence electrons. The number of benzene rings is 1. The standard InChI is InChI=1S/C6H6.C5H5.Ti/c1-2-4-6-5-3-1;1-2-4-5-3-1;/h1-6H;1-5H;. The quantitative estimate of drug-likeness (QED) is 0.552. The van der Waals surface area contributed by atoms with Gasteiger partial charge in [-0.25, -0.2) is 0 Å². The van der Waals surface area contributed by atoms with Crippen molar-refractivity contribution in [3.05, 3.63) is 60.7 Å². The molecule has 0 radical (unpaired) electrons. The van der Waals surface area contributed by atoms with Crippen LogP contribution in [0.4, 0.5) is 0 Å². The summed E-state index contributed by atoms with van der Waals surface area (Å²) in [4.78, 5) is 0. The van der Waals surface area contributed by atoms with Gasteiger partial charge in [0.05, 0.1) is 0 Å². The topological polar surface area (TPSA) is 0 Å². The van der Waals surface area contributed by atoms with Gasteiger partial charge in [0.1, 0.15) is 0 Å². The van der Waals surface area contributed by atoms with Crippen molar-refractivity contribution in [3.8, 4) is 0 Å². The van der Waals surface area contributed by atoms with E-state index in [9.17, 15) is 0 Å². The van der Waals surface area contributed by atoms with Gasteiger partial charge in [0.15, 0.2) is 0 Å². The van der Waals surface area contributed by atoms with Crippen LogP contribution >= 0.6 is 0 Å². The average molecular weight is 191 g/mol. The summed E-state index contributed by atoms with van der Waals surface area (Å²) in [6.45, 7) is 0. The van der Waals surface area contributed by atoms with Crippen LogP contribution in [0.2, 0.25) is 4.22 Å². The molecule has 0 amide bonds. The van der Waals surface area contributed by atoms with E-state index in [-0.39, 0.29) is 0 Å². The molecule has 0 aliphatic heterocycles. The van der Waals surface area contributed by atoms with Crippen molar-refractivity contribution in [2.24, 2.45) is 0 Å². The molecule has 0 saturated heterocycles. The van der Waals surface area contributed by atoms with Gasteiger partial charge in [0, 0.05) is 0 Å². The van der Waals surface area contributed by atoms with Crippen LogP contribution in [0.3, 0.4) is 0 Å². The third kappa shape index (κ3) is 4.32. The van der Waals surface area contributed by atoms with Crippen molar-refractivity contribution in [2.45, 2.75) is 4.22 Å². The zero-order chi connectivity index (χ0) is 8.65. The van der Waals surface area contributed by atoms with E-state index < -0.39 is 0 Å². The zero-order valence-corrected chi connectivity index (χ0v) is 8.41. The van der Waals surface area contributed by atoms with E-state index in [1.165, 1.54) is 0 Å². The van der Waals surface area contributed by atoms with Crippen molar-refractivity contribution >= 4 is 0 Å². The minimum absolute atomic E-state index is 0.685. The molecule has 1 aliphatic rings. The van der Waals surface area contributed by atoms with Crippen LogP contribution in [-0.2, 0) is 20.4 Å². The molecule has 0 N–H and O–H groups in total. The molecule has 0 atom stereocenters. The van der Waals surface area contributed by atoms with Crippen molar-refractivity contribution in [3.63, 3.8) is 0 Å². The molecule has 1 heteroatoms. The Kier molecular flexibility index (Phi) is 4.74. The number of hydrogen-bond acceptors (Lipinski definition) is 0. The second kappa shape index (κ2) is 5.99. The summed E-state index contributed by atoms with van der Waals surface area (Å²) >= 11 is 2.17. The summed E-state index contributed by atoms with van der Waals surface area (Å²) in [6, 6.07) is 12.0. The molecule has 0 saturated carbocycles. The van der Waals surface area contributed by atoms with Crippen LogP contribution in [0.25, 0.3) is 0 Å². The first-order valence-corrected chi connectivity index (χ1v) is 4.86. The summed E-state index contributed by atoms with van der Waals surface area (Å²) < 4.78 is 0.685. The van der Waals surface area contributed by atoms with Crippen molar-refractivity contribution in [1.29, 1.82) is 0 Å². The Hall–Kier alpha value is -0.586. The fourth-order valence-electron chi connectivity index (χ4n) is 0.817. The number of hydrogen-bond donors (Lipinski definition) is 0. The Morgan fingerprint density at radius 3 is 1.17 bits per heavy atom. The van der Waals surface area contributed by atoms with Gasteiger partial charge in [-0.15, -0.1) is 0 Å². The Balaban J connectivity index is 0.000000120. The van der Waals surface area contributed by atoms with Crippen molar-refractivity contribution < 1.29 is 20.4 Å². The van der Waals surface area contributed by atoms with E-state index in [1.807, 2.05) is 36.4 Å². The normalized spacial score (nSPS) is 13.9. The van der Waals surface area contributed by atoms with Crippen molar-refractivity contribution in [1.82, 2.24) is 0 Å². The zero-order valence-electron chi connectivity index (χ0n) is 6.85. The van der Waals surface area contributed by atoms with Gasteiger partial charge in [-0.1, -0.05) is 36.4 Å². The molecule has 0 fully saturated rings. The predicted molar refractivity (Wildman–Crippen MR) is 48.5 cm³/mol. The van der Waals surface area contributed by atoms with Crippen molar-refractivity contribution in [2.75, 3.05) is 0 Å².